The van der Waals surface area contributed by atoms with E-state index in [1.807, 2.05) is 25.1 Å². The molecular weight excluding hydrogens is 285 g/mol. The Morgan fingerprint density at radius 1 is 1.20 bits per heavy atom. The van der Waals surface area contributed by atoms with E-state index >= 15 is 0 Å². The molecule has 0 unspecified atom stereocenters. The Kier molecular flexibility index (Phi) is 4.00. The molecule has 0 saturated carbocycles. The van der Waals surface area contributed by atoms with Crippen molar-refractivity contribution >= 4 is 11.8 Å². The van der Waals surface area contributed by atoms with Crippen LogP contribution >= 0.6 is 11.8 Å². The van der Waals surface area contributed by atoms with Crippen LogP contribution in [0.4, 0.5) is 13.2 Å². The second-order valence-electron chi connectivity index (χ2n) is 4.08. The highest BCUT2D eigenvalue weighted by molar-refractivity contribution is 7.99. The zero-order valence-electron chi connectivity index (χ0n) is 10.4. The number of aryl methyl sites for hydroxylation is 1. The molecule has 0 spiro atoms. The van der Waals surface area contributed by atoms with Crippen molar-refractivity contribution in [1.82, 2.24) is 4.98 Å². The maximum absolute atomic E-state index is 12.7. The average molecular weight is 294 g/mol. The van der Waals surface area contributed by atoms with E-state index in [9.17, 15) is 13.2 Å². The van der Waals surface area contributed by atoms with Crippen molar-refractivity contribution in [3.8, 4) is 6.07 Å². The predicted octanol–water partition coefficient (Wildman–Crippen LogP) is 4.43. The first kappa shape index (κ1) is 14.4. The molecule has 0 fully saturated rings. The van der Waals surface area contributed by atoms with Gasteiger partial charge in [-0.25, -0.2) is 4.98 Å². The number of halogens is 3. The third-order valence-corrected chi connectivity index (χ3v) is 3.47. The summed E-state index contributed by atoms with van der Waals surface area (Å²) in [5.41, 5.74) is 0.122. The molecule has 20 heavy (non-hydrogen) atoms. The smallest absolute Gasteiger partial charge is 0.235 e. The number of nitriles is 1. The van der Waals surface area contributed by atoms with Gasteiger partial charge in [-0.2, -0.15) is 18.4 Å². The van der Waals surface area contributed by atoms with Crippen molar-refractivity contribution < 1.29 is 13.2 Å². The summed E-state index contributed by atoms with van der Waals surface area (Å²) >= 11 is 1.05. The van der Waals surface area contributed by atoms with Crippen LogP contribution in [0.3, 0.4) is 0 Å². The van der Waals surface area contributed by atoms with Crippen LogP contribution in [0, 0.1) is 18.3 Å². The van der Waals surface area contributed by atoms with Crippen molar-refractivity contribution in [3.63, 3.8) is 0 Å². The molecule has 0 saturated heterocycles. The highest BCUT2D eigenvalue weighted by Gasteiger charge is 2.33. The third kappa shape index (κ3) is 3.31. The lowest BCUT2D eigenvalue weighted by Gasteiger charge is -2.09. The Hall–Kier alpha value is -2.00. The molecule has 0 aliphatic rings. The summed E-state index contributed by atoms with van der Waals surface area (Å²) in [5, 5.41) is 9.02. The Morgan fingerprint density at radius 3 is 2.55 bits per heavy atom. The van der Waals surface area contributed by atoms with Crippen LogP contribution in [-0.4, -0.2) is 4.98 Å². The second-order valence-corrected chi connectivity index (χ2v) is 5.14. The van der Waals surface area contributed by atoms with Crippen molar-refractivity contribution in [2.45, 2.75) is 23.0 Å². The van der Waals surface area contributed by atoms with Gasteiger partial charge in [-0.05, 0) is 31.2 Å². The molecule has 1 aromatic carbocycles. The monoisotopic (exact) mass is 294 g/mol. The fraction of sp³-hybridized carbons (Fsp3) is 0.143. The lowest BCUT2D eigenvalue weighted by Crippen LogP contribution is -2.08. The number of hydrogen-bond donors (Lipinski definition) is 0. The van der Waals surface area contributed by atoms with Crippen LogP contribution in [0.25, 0.3) is 0 Å². The molecule has 0 bridgehead atoms. The predicted molar refractivity (Wildman–Crippen MR) is 69.3 cm³/mol. The molecule has 102 valence electrons. The van der Waals surface area contributed by atoms with Gasteiger partial charge in [-0.3, -0.25) is 0 Å². The van der Waals surface area contributed by atoms with Gasteiger partial charge < -0.3 is 0 Å². The molecule has 0 amide bonds. The molecule has 0 atom stereocenters. The highest BCUT2D eigenvalue weighted by atomic mass is 32.2. The lowest BCUT2D eigenvalue weighted by atomic mass is 10.2. The zero-order chi connectivity index (χ0) is 14.8. The standard InChI is InChI=1S/C14H9F3N2S/c1-9-3-2-4-11(7-9)20-13-10(8-18)5-6-12(19-13)14(15,16)17/h2-7H,1H3. The number of hydrogen-bond acceptors (Lipinski definition) is 3. The maximum Gasteiger partial charge on any atom is 0.433 e. The fourth-order valence-electron chi connectivity index (χ4n) is 1.55. The molecule has 6 heteroatoms. The van der Waals surface area contributed by atoms with Crippen molar-refractivity contribution in [2.75, 3.05) is 0 Å². The van der Waals surface area contributed by atoms with Crippen LogP contribution in [0.5, 0.6) is 0 Å². The Labute approximate surface area is 118 Å². The SMILES string of the molecule is Cc1cccc(Sc2nc(C(F)(F)F)ccc2C#N)c1. The minimum absolute atomic E-state index is 0.0629. The number of rotatable bonds is 2. The molecule has 2 rings (SSSR count). The number of nitrogens with zero attached hydrogens (tertiary/aromatic N) is 2. The van der Waals surface area contributed by atoms with Gasteiger partial charge in [0.05, 0.1) is 5.56 Å². The lowest BCUT2D eigenvalue weighted by molar-refractivity contribution is -0.141. The van der Waals surface area contributed by atoms with Gasteiger partial charge in [-0.1, -0.05) is 29.5 Å². The van der Waals surface area contributed by atoms with Gasteiger partial charge >= 0.3 is 6.18 Å². The zero-order valence-corrected chi connectivity index (χ0v) is 11.2. The van der Waals surface area contributed by atoms with Gasteiger partial charge in [0.25, 0.3) is 0 Å². The van der Waals surface area contributed by atoms with Gasteiger partial charge in [0, 0.05) is 4.90 Å². The highest BCUT2D eigenvalue weighted by Crippen LogP contribution is 2.33. The molecule has 0 aliphatic heterocycles. The molecule has 0 N–H and O–H groups in total. The van der Waals surface area contributed by atoms with Gasteiger partial charge in [0.2, 0.25) is 0 Å². The topological polar surface area (TPSA) is 36.7 Å². The van der Waals surface area contributed by atoms with Crippen molar-refractivity contribution in [3.05, 3.63) is 53.2 Å². The normalized spacial score (nSPS) is 11.2. The van der Waals surface area contributed by atoms with Crippen LogP contribution in [0.2, 0.25) is 0 Å². The second kappa shape index (κ2) is 5.55. The molecule has 0 radical (unpaired) electrons. The molecule has 1 aromatic heterocycles. The Bertz CT molecular complexity index is 675. The Balaban J connectivity index is 2.42. The molecule has 2 nitrogen and oxygen atoms in total. The minimum Gasteiger partial charge on any atom is -0.235 e. The van der Waals surface area contributed by atoms with E-state index in [4.69, 9.17) is 5.26 Å². The van der Waals surface area contributed by atoms with E-state index in [2.05, 4.69) is 4.98 Å². The summed E-state index contributed by atoms with van der Waals surface area (Å²) in [6.45, 7) is 1.88. The number of pyridine rings is 1. The van der Waals surface area contributed by atoms with E-state index in [1.165, 1.54) is 0 Å². The van der Waals surface area contributed by atoms with Gasteiger partial charge in [0.15, 0.2) is 0 Å². The Morgan fingerprint density at radius 2 is 1.95 bits per heavy atom. The largest absolute Gasteiger partial charge is 0.433 e. The number of aromatic nitrogens is 1. The molecule has 1 heterocycles. The summed E-state index contributed by atoms with van der Waals surface area (Å²) in [4.78, 5) is 4.30. The van der Waals surface area contributed by atoms with Crippen LogP contribution < -0.4 is 0 Å². The van der Waals surface area contributed by atoms with Crippen molar-refractivity contribution in [2.24, 2.45) is 0 Å². The van der Waals surface area contributed by atoms with Gasteiger partial charge in [0.1, 0.15) is 16.8 Å². The first-order chi connectivity index (χ1) is 9.40. The van der Waals surface area contributed by atoms with Crippen LogP contribution in [0.1, 0.15) is 16.8 Å². The van der Waals surface area contributed by atoms with Crippen molar-refractivity contribution in [1.29, 1.82) is 5.26 Å². The third-order valence-electron chi connectivity index (χ3n) is 2.48. The summed E-state index contributed by atoms with van der Waals surface area (Å²) in [6, 6.07) is 11.1. The summed E-state index contributed by atoms with van der Waals surface area (Å²) in [7, 11) is 0. The van der Waals surface area contributed by atoms with E-state index in [0.29, 0.717) is 0 Å². The quantitative estimate of drug-likeness (QED) is 0.822. The number of alkyl halides is 3. The van der Waals surface area contributed by atoms with E-state index in [0.717, 1.165) is 34.4 Å². The van der Waals surface area contributed by atoms with E-state index < -0.39 is 11.9 Å². The molecule has 2 aromatic rings. The first-order valence-electron chi connectivity index (χ1n) is 5.63. The van der Waals surface area contributed by atoms with Crippen LogP contribution in [-0.2, 0) is 6.18 Å². The summed E-state index contributed by atoms with van der Waals surface area (Å²) in [5.74, 6) is 0. The molecular formula is C14H9F3N2S. The summed E-state index contributed by atoms with van der Waals surface area (Å²) < 4.78 is 38.0. The average Bonchev–Trinajstić information content (AvgIpc) is 2.37. The number of benzene rings is 1. The maximum atomic E-state index is 12.7. The van der Waals surface area contributed by atoms with E-state index in [1.54, 1.807) is 12.1 Å². The van der Waals surface area contributed by atoms with Gasteiger partial charge in [-0.15, -0.1) is 0 Å². The van der Waals surface area contributed by atoms with Crippen LogP contribution in [0.15, 0.2) is 46.3 Å². The van der Waals surface area contributed by atoms with E-state index in [-0.39, 0.29) is 10.6 Å². The first-order valence-corrected chi connectivity index (χ1v) is 6.44. The minimum atomic E-state index is -4.52. The fourth-order valence-corrected chi connectivity index (χ4v) is 2.53. The summed E-state index contributed by atoms with van der Waals surface area (Å²) in [6.07, 6.45) is -4.52. The molecule has 0 aliphatic carbocycles.